The molecule has 0 saturated carbocycles. The van der Waals surface area contributed by atoms with Crippen molar-refractivity contribution < 1.29 is 19.0 Å². The van der Waals surface area contributed by atoms with E-state index >= 15 is 0 Å². The number of rotatable bonds is 5. The smallest absolute Gasteiger partial charge is 0.344 e. The standard InChI is InChI=1S/C13H16BrFO3/c1-3-13(17,11(15)12(16)18-4-2)9-6-5-7-10(14)8-9/h5-8,11,17H,3-4H2,1-2H3. The van der Waals surface area contributed by atoms with Gasteiger partial charge in [0.15, 0.2) is 0 Å². The van der Waals surface area contributed by atoms with Gasteiger partial charge in [0, 0.05) is 4.47 Å². The van der Waals surface area contributed by atoms with Gasteiger partial charge in [0.2, 0.25) is 6.17 Å². The molecule has 0 radical (unpaired) electrons. The lowest BCUT2D eigenvalue weighted by molar-refractivity contribution is -0.162. The molecule has 0 fully saturated rings. The van der Waals surface area contributed by atoms with Gasteiger partial charge in [-0.2, -0.15) is 0 Å². The summed E-state index contributed by atoms with van der Waals surface area (Å²) in [5, 5.41) is 10.4. The first kappa shape index (κ1) is 15.1. The van der Waals surface area contributed by atoms with Crippen LogP contribution in [0.1, 0.15) is 25.8 Å². The molecule has 0 saturated heterocycles. The summed E-state index contributed by atoms with van der Waals surface area (Å²) in [6, 6.07) is 6.62. The fraction of sp³-hybridized carbons (Fsp3) is 0.462. The highest BCUT2D eigenvalue weighted by Gasteiger charge is 2.43. The summed E-state index contributed by atoms with van der Waals surface area (Å²) in [7, 11) is 0. The largest absolute Gasteiger partial charge is 0.464 e. The molecule has 3 nitrogen and oxygen atoms in total. The molecule has 0 aromatic heterocycles. The Labute approximate surface area is 114 Å². The molecule has 100 valence electrons. The van der Waals surface area contributed by atoms with Crippen molar-refractivity contribution in [2.24, 2.45) is 0 Å². The maximum absolute atomic E-state index is 14.1. The maximum Gasteiger partial charge on any atom is 0.344 e. The van der Waals surface area contributed by atoms with Crippen LogP contribution >= 0.6 is 15.9 Å². The van der Waals surface area contributed by atoms with Gasteiger partial charge in [-0.15, -0.1) is 0 Å². The number of carbonyl (C=O) groups is 1. The summed E-state index contributed by atoms with van der Waals surface area (Å²) in [6.07, 6.45) is -2.03. The maximum atomic E-state index is 14.1. The minimum atomic E-state index is -2.10. The van der Waals surface area contributed by atoms with Crippen molar-refractivity contribution in [3.63, 3.8) is 0 Å². The van der Waals surface area contributed by atoms with Crippen LogP contribution in [0.5, 0.6) is 0 Å². The molecule has 0 aliphatic rings. The summed E-state index contributed by atoms with van der Waals surface area (Å²) >= 11 is 3.25. The first-order valence-corrected chi connectivity index (χ1v) is 6.54. The Kier molecular flexibility index (Phi) is 5.28. The van der Waals surface area contributed by atoms with Crippen molar-refractivity contribution in [2.75, 3.05) is 6.61 Å². The molecule has 1 aromatic rings. The molecule has 1 aromatic carbocycles. The fourth-order valence-corrected chi connectivity index (χ4v) is 2.10. The van der Waals surface area contributed by atoms with Gasteiger partial charge in [-0.25, -0.2) is 9.18 Å². The zero-order chi connectivity index (χ0) is 13.8. The lowest BCUT2D eigenvalue weighted by Gasteiger charge is -2.29. The van der Waals surface area contributed by atoms with Gasteiger partial charge >= 0.3 is 5.97 Å². The van der Waals surface area contributed by atoms with E-state index in [1.165, 1.54) is 0 Å². The molecule has 1 N–H and O–H groups in total. The molecule has 0 amide bonds. The van der Waals surface area contributed by atoms with Crippen LogP contribution in [0.4, 0.5) is 4.39 Å². The average molecular weight is 319 g/mol. The number of carbonyl (C=O) groups excluding carboxylic acids is 1. The van der Waals surface area contributed by atoms with E-state index in [1.807, 2.05) is 0 Å². The quantitative estimate of drug-likeness (QED) is 0.849. The number of esters is 1. The second kappa shape index (κ2) is 6.29. The van der Waals surface area contributed by atoms with Crippen LogP contribution in [0.15, 0.2) is 28.7 Å². The molecule has 0 bridgehead atoms. The summed E-state index contributed by atoms with van der Waals surface area (Å²) in [6.45, 7) is 3.29. The molecule has 0 aliphatic heterocycles. The van der Waals surface area contributed by atoms with Crippen molar-refractivity contribution >= 4 is 21.9 Å². The second-order valence-corrected chi connectivity index (χ2v) is 4.82. The Hall–Kier alpha value is -0.940. The van der Waals surface area contributed by atoms with Crippen LogP contribution in [0.25, 0.3) is 0 Å². The summed E-state index contributed by atoms with van der Waals surface area (Å²) in [5.74, 6) is -1.04. The Morgan fingerprint density at radius 1 is 1.56 bits per heavy atom. The number of aliphatic hydroxyl groups is 1. The topological polar surface area (TPSA) is 46.5 Å². The first-order chi connectivity index (χ1) is 8.45. The summed E-state index contributed by atoms with van der Waals surface area (Å²) < 4.78 is 19.4. The Morgan fingerprint density at radius 3 is 2.72 bits per heavy atom. The number of hydrogen-bond acceptors (Lipinski definition) is 3. The van der Waals surface area contributed by atoms with Gasteiger partial charge in [0.1, 0.15) is 5.60 Å². The van der Waals surface area contributed by atoms with E-state index in [2.05, 4.69) is 20.7 Å². The molecule has 18 heavy (non-hydrogen) atoms. The van der Waals surface area contributed by atoms with Crippen molar-refractivity contribution in [1.29, 1.82) is 0 Å². The molecule has 2 atom stereocenters. The molecular formula is C13H16BrFO3. The van der Waals surface area contributed by atoms with E-state index in [-0.39, 0.29) is 13.0 Å². The predicted molar refractivity (Wildman–Crippen MR) is 69.9 cm³/mol. The highest BCUT2D eigenvalue weighted by molar-refractivity contribution is 9.10. The lowest BCUT2D eigenvalue weighted by Crippen LogP contribution is -2.42. The van der Waals surface area contributed by atoms with E-state index in [9.17, 15) is 14.3 Å². The van der Waals surface area contributed by atoms with Crippen molar-refractivity contribution in [2.45, 2.75) is 32.0 Å². The van der Waals surface area contributed by atoms with E-state index in [4.69, 9.17) is 0 Å². The Morgan fingerprint density at radius 2 is 2.22 bits per heavy atom. The van der Waals surface area contributed by atoms with E-state index in [0.717, 1.165) is 0 Å². The van der Waals surface area contributed by atoms with E-state index in [1.54, 1.807) is 38.1 Å². The van der Waals surface area contributed by atoms with Gasteiger partial charge in [-0.05, 0) is 31.0 Å². The van der Waals surface area contributed by atoms with E-state index in [0.29, 0.717) is 10.0 Å². The van der Waals surface area contributed by atoms with Crippen LogP contribution in [0, 0.1) is 0 Å². The molecule has 0 heterocycles. The number of halogens is 2. The number of benzene rings is 1. The zero-order valence-corrected chi connectivity index (χ0v) is 11.9. The number of ether oxygens (including phenoxy) is 1. The minimum absolute atomic E-state index is 0.0729. The van der Waals surface area contributed by atoms with Gasteiger partial charge in [0.05, 0.1) is 6.61 Å². The normalized spacial score (nSPS) is 15.8. The molecular weight excluding hydrogens is 303 g/mol. The van der Waals surface area contributed by atoms with Crippen LogP contribution in [0.3, 0.4) is 0 Å². The predicted octanol–water partition coefficient (Wildman–Crippen LogP) is 2.95. The Balaban J connectivity index is 3.08. The highest BCUT2D eigenvalue weighted by atomic mass is 79.9. The molecule has 1 rings (SSSR count). The zero-order valence-electron chi connectivity index (χ0n) is 10.3. The monoisotopic (exact) mass is 318 g/mol. The Bertz CT molecular complexity index is 424. The molecule has 0 spiro atoms. The third-order valence-electron chi connectivity index (χ3n) is 2.78. The van der Waals surface area contributed by atoms with Crippen molar-refractivity contribution in [1.82, 2.24) is 0 Å². The number of alkyl halides is 1. The average Bonchev–Trinajstić information content (AvgIpc) is 2.37. The van der Waals surface area contributed by atoms with Crippen LogP contribution < -0.4 is 0 Å². The fourth-order valence-electron chi connectivity index (χ4n) is 1.70. The summed E-state index contributed by atoms with van der Waals surface area (Å²) in [5.41, 5.74) is -1.52. The minimum Gasteiger partial charge on any atom is -0.464 e. The van der Waals surface area contributed by atoms with Crippen LogP contribution in [-0.4, -0.2) is 23.9 Å². The summed E-state index contributed by atoms with van der Waals surface area (Å²) in [4.78, 5) is 11.4. The van der Waals surface area contributed by atoms with E-state index < -0.39 is 17.7 Å². The molecule has 0 aliphatic carbocycles. The third-order valence-corrected chi connectivity index (χ3v) is 3.27. The molecule has 2 unspecified atom stereocenters. The van der Waals surface area contributed by atoms with Gasteiger partial charge < -0.3 is 9.84 Å². The first-order valence-electron chi connectivity index (χ1n) is 5.74. The van der Waals surface area contributed by atoms with Crippen LogP contribution in [-0.2, 0) is 15.1 Å². The SMILES string of the molecule is CCOC(=O)C(F)C(O)(CC)c1cccc(Br)c1. The van der Waals surface area contributed by atoms with Gasteiger partial charge in [-0.1, -0.05) is 35.0 Å². The van der Waals surface area contributed by atoms with Gasteiger partial charge in [-0.3, -0.25) is 0 Å². The second-order valence-electron chi connectivity index (χ2n) is 3.90. The van der Waals surface area contributed by atoms with Crippen molar-refractivity contribution in [3.8, 4) is 0 Å². The molecule has 5 heteroatoms. The van der Waals surface area contributed by atoms with Crippen molar-refractivity contribution in [3.05, 3.63) is 34.3 Å². The lowest BCUT2D eigenvalue weighted by atomic mass is 9.86. The third kappa shape index (κ3) is 3.09. The highest BCUT2D eigenvalue weighted by Crippen LogP contribution is 2.33. The van der Waals surface area contributed by atoms with Gasteiger partial charge in [0.25, 0.3) is 0 Å². The van der Waals surface area contributed by atoms with Crippen LogP contribution in [0.2, 0.25) is 0 Å². The number of hydrogen-bond donors (Lipinski definition) is 1.